The number of hydrogen-bond donors (Lipinski definition) is 2. The molecule has 0 saturated heterocycles. The fourth-order valence-electron chi connectivity index (χ4n) is 1.78. The summed E-state index contributed by atoms with van der Waals surface area (Å²) >= 11 is 1.64. The molecule has 0 aliphatic rings. The molecule has 0 atom stereocenters. The van der Waals surface area contributed by atoms with E-state index in [0.717, 1.165) is 22.9 Å². The van der Waals surface area contributed by atoms with Gasteiger partial charge in [0.1, 0.15) is 0 Å². The average Bonchev–Trinajstić information content (AvgIpc) is 2.83. The molecular weight excluding hydrogens is 260 g/mol. The number of anilines is 1. The Labute approximate surface area is 116 Å². The van der Waals surface area contributed by atoms with Gasteiger partial charge < -0.3 is 15.8 Å². The van der Waals surface area contributed by atoms with Gasteiger partial charge in [-0.05, 0) is 19.1 Å². The Kier molecular flexibility index (Phi) is 4.01. The fraction of sp³-hybridized carbons (Fsp3) is 0.231. The number of thiazole rings is 1. The number of aryl methyl sites for hydroxylation is 1. The molecule has 2 aromatic rings. The fourth-order valence-corrected chi connectivity index (χ4v) is 2.38. The molecule has 0 radical (unpaired) electrons. The number of nitrogens with two attached hydrogens (primary N) is 1. The molecule has 5 nitrogen and oxygen atoms in total. The molecule has 1 heterocycles. The molecule has 0 aliphatic carbocycles. The molecule has 0 aliphatic heterocycles. The minimum absolute atomic E-state index is 0.111. The molecule has 0 amide bonds. The van der Waals surface area contributed by atoms with Crippen molar-refractivity contribution in [2.24, 2.45) is 10.9 Å². The Morgan fingerprint density at radius 3 is 2.95 bits per heavy atom. The first kappa shape index (κ1) is 13.4. The highest BCUT2D eigenvalue weighted by Gasteiger charge is 2.07. The van der Waals surface area contributed by atoms with Gasteiger partial charge in [-0.1, -0.05) is 17.3 Å². The van der Waals surface area contributed by atoms with Crippen molar-refractivity contribution in [2.45, 2.75) is 13.5 Å². The molecule has 0 unspecified atom stereocenters. The van der Waals surface area contributed by atoms with Crippen LogP contribution in [0, 0.1) is 6.92 Å². The van der Waals surface area contributed by atoms with Crippen molar-refractivity contribution in [3.8, 4) is 0 Å². The minimum Gasteiger partial charge on any atom is -0.409 e. The molecule has 19 heavy (non-hydrogen) atoms. The quantitative estimate of drug-likeness (QED) is 0.388. The van der Waals surface area contributed by atoms with Crippen LogP contribution in [0.25, 0.3) is 0 Å². The summed E-state index contributed by atoms with van der Waals surface area (Å²) in [6.07, 6.45) is 0. The summed E-state index contributed by atoms with van der Waals surface area (Å²) in [6.45, 7) is 2.72. The predicted octanol–water partition coefficient (Wildman–Crippen LogP) is 2.18. The molecule has 3 N–H and O–H groups in total. The third-order valence-corrected chi connectivity index (χ3v) is 3.58. The van der Waals surface area contributed by atoms with Crippen molar-refractivity contribution in [3.63, 3.8) is 0 Å². The summed E-state index contributed by atoms with van der Waals surface area (Å²) in [6, 6.07) is 7.55. The number of rotatable bonds is 4. The zero-order valence-electron chi connectivity index (χ0n) is 10.9. The van der Waals surface area contributed by atoms with Crippen LogP contribution in [0.5, 0.6) is 0 Å². The molecule has 0 spiro atoms. The number of benzene rings is 1. The topological polar surface area (TPSA) is 74.7 Å². The van der Waals surface area contributed by atoms with E-state index in [1.54, 1.807) is 17.4 Å². The summed E-state index contributed by atoms with van der Waals surface area (Å²) in [5.41, 5.74) is 8.32. The first-order chi connectivity index (χ1) is 9.10. The Bertz CT molecular complexity index is 594. The zero-order valence-corrected chi connectivity index (χ0v) is 11.7. The van der Waals surface area contributed by atoms with E-state index in [1.807, 2.05) is 32.2 Å². The van der Waals surface area contributed by atoms with E-state index in [9.17, 15) is 0 Å². The van der Waals surface area contributed by atoms with E-state index >= 15 is 0 Å². The summed E-state index contributed by atoms with van der Waals surface area (Å²) in [5, 5.41) is 14.8. The molecule has 100 valence electrons. The molecule has 0 saturated carbocycles. The summed E-state index contributed by atoms with van der Waals surface area (Å²) < 4.78 is 0. The minimum atomic E-state index is 0.111. The number of oxime groups is 1. The van der Waals surface area contributed by atoms with Crippen molar-refractivity contribution in [1.29, 1.82) is 0 Å². The van der Waals surface area contributed by atoms with Gasteiger partial charge in [0.25, 0.3) is 0 Å². The van der Waals surface area contributed by atoms with Gasteiger partial charge in [0, 0.05) is 23.7 Å². The summed E-state index contributed by atoms with van der Waals surface area (Å²) in [4.78, 5) is 6.51. The smallest absolute Gasteiger partial charge is 0.170 e. The molecule has 1 aromatic carbocycles. The van der Waals surface area contributed by atoms with Gasteiger partial charge in [0.2, 0.25) is 0 Å². The van der Waals surface area contributed by atoms with Crippen LogP contribution >= 0.6 is 11.3 Å². The molecule has 1 aromatic heterocycles. The van der Waals surface area contributed by atoms with Crippen LogP contribution in [0.15, 0.2) is 34.8 Å². The summed E-state index contributed by atoms with van der Waals surface area (Å²) in [5.74, 6) is 0.111. The van der Waals surface area contributed by atoms with Gasteiger partial charge in [-0.15, -0.1) is 11.3 Å². The first-order valence-electron chi connectivity index (χ1n) is 5.80. The van der Waals surface area contributed by atoms with Gasteiger partial charge in [-0.3, -0.25) is 0 Å². The van der Waals surface area contributed by atoms with Gasteiger partial charge in [0.05, 0.1) is 17.2 Å². The van der Waals surface area contributed by atoms with Crippen molar-refractivity contribution < 1.29 is 5.21 Å². The standard InChI is InChI=1S/C13H16N4OS/c1-9-15-11(8-19-9)7-17(2)12-5-3-4-10(6-12)13(14)16-18/h3-6,8,18H,7H2,1-2H3,(H2,14,16). The van der Waals surface area contributed by atoms with Crippen LogP contribution in [0.4, 0.5) is 5.69 Å². The van der Waals surface area contributed by atoms with Crippen LogP contribution in [0.2, 0.25) is 0 Å². The lowest BCUT2D eigenvalue weighted by molar-refractivity contribution is 0.318. The van der Waals surface area contributed by atoms with Gasteiger partial charge in [0.15, 0.2) is 5.84 Å². The van der Waals surface area contributed by atoms with E-state index in [0.29, 0.717) is 5.56 Å². The van der Waals surface area contributed by atoms with Crippen molar-refractivity contribution in [1.82, 2.24) is 4.98 Å². The molecular formula is C13H16N4OS. The SMILES string of the molecule is Cc1nc(CN(C)c2cccc(C(N)=NO)c2)cs1. The lowest BCUT2D eigenvalue weighted by atomic mass is 10.1. The monoisotopic (exact) mass is 276 g/mol. The maximum absolute atomic E-state index is 8.70. The van der Waals surface area contributed by atoms with Crippen LogP contribution in [0.1, 0.15) is 16.3 Å². The highest BCUT2D eigenvalue weighted by atomic mass is 32.1. The number of hydrogen-bond acceptors (Lipinski definition) is 5. The van der Waals surface area contributed by atoms with E-state index < -0.39 is 0 Å². The maximum atomic E-state index is 8.70. The Morgan fingerprint density at radius 2 is 2.32 bits per heavy atom. The van der Waals surface area contributed by atoms with Crippen molar-refractivity contribution in [3.05, 3.63) is 45.9 Å². The zero-order chi connectivity index (χ0) is 13.8. The molecule has 6 heteroatoms. The average molecular weight is 276 g/mol. The van der Waals surface area contributed by atoms with Crippen molar-refractivity contribution in [2.75, 3.05) is 11.9 Å². The second kappa shape index (κ2) is 5.71. The largest absolute Gasteiger partial charge is 0.409 e. The second-order valence-electron chi connectivity index (χ2n) is 4.25. The second-order valence-corrected chi connectivity index (χ2v) is 5.31. The predicted molar refractivity (Wildman–Crippen MR) is 77.9 cm³/mol. The van der Waals surface area contributed by atoms with Crippen LogP contribution < -0.4 is 10.6 Å². The third kappa shape index (κ3) is 3.23. The lowest BCUT2D eigenvalue weighted by Crippen LogP contribution is -2.18. The molecule has 0 fully saturated rings. The van der Waals surface area contributed by atoms with E-state index in [4.69, 9.17) is 10.9 Å². The van der Waals surface area contributed by atoms with Crippen LogP contribution in [0.3, 0.4) is 0 Å². The number of aromatic nitrogens is 1. The van der Waals surface area contributed by atoms with E-state index in [2.05, 4.69) is 20.4 Å². The Morgan fingerprint density at radius 1 is 1.53 bits per heavy atom. The Hall–Kier alpha value is -2.08. The van der Waals surface area contributed by atoms with Gasteiger partial charge >= 0.3 is 0 Å². The molecule has 0 bridgehead atoms. The highest BCUT2D eigenvalue weighted by Crippen LogP contribution is 2.18. The third-order valence-electron chi connectivity index (χ3n) is 2.76. The van der Waals surface area contributed by atoms with Crippen LogP contribution in [-0.2, 0) is 6.54 Å². The Balaban J connectivity index is 2.17. The number of nitrogens with zero attached hydrogens (tertiary/aromatic N) is 3. The first-order valence-corrected chi connectivity index (χ1v) is 6.68. The summed E-state index contributed by atoms with van der Waals surface area (Å²) in [7, 11) is 1.99. The number of amidine groups is 1. The van der Waals surface area contributed by atoms with E-state index in [1.165, 1.54) is 0 Å². The maximum Gasteiger partial charge on any atom is 0.170 e. The van der Waals surface area contributed by atoms with Gasteiger partial charge in [-0.2, -0.15) is 0 Å². The highest BCUT2D eigenvalue weighted by molar-refractivity contribution is 7.09. The van der Waals surface area contributed by atoms with Gasteiger partial charge in [-0.25, -0.2) is 4.98 Å². The normalized spacial score (nSPS) is 11.6. The lowest BCUT2D eigenvalue weighted by Gasteiger charge is -2.18. The van der Waals surface area contributed by atoms with Crippen molar-refractivity contribution >= 4 is 22.9 Å². The molecule has 2 rings (SSSR count). The van der Waals surface area contributed by atoms with Crippen LogP contribution in [-0.4, -0.2) is 23.1 Å². The van der Waals surface area contributed by atoms with E-state index in [-0.39, 0.29) is 5.84 Å².